The van der Waals surface area contributed by atoms with E-state index in [1.165, 1.54) is 13.4 Å². The second-order valence-corrected chi connectivity index (χ2v) is 12.4. The van der Waals surface area contributed by atoms with Crippen LogP contribution in [0.1, 0.15) is 68.9 Å². The van der Waals surface area contributed by atoms with Gasteiger partial charge in [0.2, 0.25) is 17.7 Å². The molecule has 4 N–H and O–H groups in total. The lowest BCUT2D eigenvalue weighted by atomic mass is 9.86. The number of hydrogen-bond acceptors (Lipinski definition) is 7. The molecule has 1 atom stereocenters. The summed E-state index contributed by atoms with van der Waals surface area (Å²) in [6.07, 6.45) is 4.22. The predicted octanol–water partition coefficient (Wildman–Crippen LogP) is 0.376. The van der Waals surface area contributed by atoms with E-state index in [1.54, 1.807) is 7.05 Å². The number of rotatable bonds is 5. The van der Waals surface area contributed by atoms with Crippen LogP contribution in [-0.4, -0.2) is 58.7 Å². The van der Waals surface area contributed by atoms with Crippen molar-refractivity contribution in [2.75, 3.05) is 13.1 Å². The minimum Gasteiger partial charge on any atom is -0.328 e. The van der Waals surface area contributed by atoms with Crippen molar-refractivity contribution < 1.29 is 22.8 Å². The van der Waals surface area contributed by atoms with Gasteiger partial charge in [0.05, 0.1) is 11.0 Å². The van der Waals surface area contributed by atoms with Crippen molar-refractivity contribution in [2.24, 2.45) is 18.7 Å². The van der Waals surface area contributed by atoms with Gasteiger partial charge in [0.1, 0.15) is 6.04 Å². The lowest BCUT2D eigenvalue weighted by Crippen LogP contribution is -2.48. The molecule has 3 heterocycles. The molecule has 0 spiro atoms. The van der Waals surface area contributed by atoms with E-state index in [0.717, 1.165) is 18.4 Å². The van der Waals surface area contributed by atoms with Gasteiger partial charge in [-0.2, -0.15) is 12.7 Å². The van der Waals surface area contributed by atoms with Gasteiger partial charge in [-0.25, -0.2) is 9.52 Å². The summed E-state index contributed by atoms with van der Waals surface area (Å²) in [6.45, 7) is 0.550. The predicted molar refractivity (Wildman–Crippen MR) is 139 cm³/mol. The normalized spacial score (nSPS) is 25.9. The first-order valence-corrected chi connectivity index (χ1v) is 14.6. The molecule has 1 saturated carbocycles. The maximum atomic E-state index is 13.0. The zero-order valence-corrected chi connectivity index (χ0v) is 22.2. The van der Waals surface area contributed by atoms with E-state index < -0.39 is 28.1 Å². The lowest BCUT2D eigenvalue weighted by molar-refractivity contribution is -0.135. The van der Waals surface area contributed by atoms with Crippen LogP contribution in [0.4, 0.5) is 0 Å². The van der Waals surface area contributed by atoms with Crippen LogP contribution in [-0.2, 0) is 31.6 Å². The van der Waals surface area contributed by atoms with Gasteiger partial charge in [-0.1, -0.05) is 6.07 Å². The topological polar surface area (TPSA) is 166 Å². The smallest absolute Gasteiger partial charge is 0.328 e. The number of aryl methyl sites for hydroxylation is 1. The van der Waals surface area contributed by atoms with E-state index in [1.807, 2.05) is 18.2 Å². The van der Waals surface area contributed by atoms with Crippen molar-refractivity contribution in [1.82, 2.24) is 23.5 Å². The fourth-order valence-corrected chi connectivity index (χ4v) is 7.19. The molecule has 13 heteroatoms. The zero-order chi connectivity index (χ0) is 27.2. The number of aromatic nitrogens is 2. The number of nitrogens with two attached hydrogens (primary N) is 1. The number of benzene rings is 1. The van der Waals surface area contributed by atoms with Gasteiger partial charge in [-0.3, -0.25) is 28.8 Å². The van der Waals surface area contributed by atoms with Crippen LogP contribution >= 0.6 is 0 Å². The fourth-order valence-electron chi connectivity index (χ4n) is 5.95. The minimum absolute atomic E-state index is 0.0762. The summed E-state index contributed by atoms with van der Waals surface area (Å²) in [6, 6.07) is 4.98. The standard InChI is InChI=1S/C25H34N6O6S/c1-29-21-14-17(4-7-19(21)31(25(29)35)20-8-9-22(32)27-24(20)34)15-10-12-30(13-11-15)38(36,37)28-23(33)16-2-5-18(26)6-3-16/h4,7,14-16,18,20H,2-3,5-6,8-13,26H2,1H3,(H,28,33)(H,27,32,34). The molecule has 5 rings (SSSR count). The summed E-state index contributed by atoms with van der Waals surface area (Å²) in [5, 5.41) is 2.31. The third kappa shape index (κ3) is 5.02. The third-order valence-corrected chi connectivity index (χ3v) is 9.78. The van der Waals surface area contributed by atoms with Crippen molar-refractivity contribution in [1.29, 1.82) is 0 Å². The highest BCUT2D eigenvalue weighted by Gasteiger charge is 2.34. The highest BCUT2D eigenvalue weighted by molar-refractivity contribution is 7.87. The van der Waals surface area contributed by atoms with Crippen molar-refractivity contribution in [2.45, 2.75) is 69.4 Å². The number of carbonyl (C=O) groups excluding carboxylic acids is 3. The zero-order valence-electron chi connectivity index (χ0n) is 21.4. The molecule has 0 radical (unpaired) electrons. The van der Waals surface area contributed by atoms with E-state index in [2.05, 4.69) is 10.0 Å². The average Bonchev–Trinajstić information content (AvgIpc) is 3.13. The highest BCUT2D eigenvalue weighted by Crippen LogP contribution is 2.32. The first-order valence-electron chi connectivity index (χ1n) is 13.2. The van der Waals surface area contributed by atoms with Crippen molar-refractivity contribution in [3.63, 3.8) is 0 Å². The number of nitrogens with zero attached hydrogens (tertiary/aromatic N) is 3. The summed E-state index contributed by atoms with van der Waals surface area (Å²) in [5.41, 5.74) is 7.83. The Morgan fingerprint density at radius 2 is 1.68 bits per heavy atom. The molecule has 12 nitrogen and oxygen atoms in total. The second-order valence-electron chi connectivity index (χ2n) is 10.7. The Morgan fingerprint density at radius 3 is 2.34 bits per heavy atom. The number of fused-ring (bicyclic) bond motifs is 1. The molecule has 0 bridgehead atoms. The Hall–Kier alpha value is -3.03. The van der Waals surface area contributed by atoms with Crippen LogP contribution in [0.25, 0.3) is 11.0 Å². The number of hydrogen-bond donors (Lipinski definition) is 3. The Balaban J connectivity index is 1.27. The molecular formula is C25H34N6O6S. The Labute approximate surface area is 220 Å². The highest BCUT2D eigenvalue weighted by atomic mass is 32.2. The summed E-state index contributed by atoms with van der Waals surface area (Å²) in [5.74, 6) is -1.52. The number of amides is 3. The van der Waals surface area contributed by atoms with Crippen LogP contribution in [0, 0.1) is 5.92 Å². The fraction of sp³-hybridized carbons (Fsp3) is 0.600. The molecule has 3 aliphatic rings. The SMILES string of the molecule is Cn1c(=O)n(C2CCC(=O)NC2=O)c2ccc(C3CCN(S(=O)(=O)NC(=O)C4CCC(N)CC4)CC3)cc21. The maximum absolute atomic E-state index is 13.0. The average molecular weight is 547 g/mol. The van der Waals surface area contributed by atoms with Gasteiger partial charge < -0.3 is 5.73 Å². The number of nitrogens with one attached hydrogen (secondary N) is 2. The van der Waals surface area contributed by atoms with E-state index in [4.69, 9.17) is 5.73 Å². The quantitative estimate of drug-likeness (QED) is 0.456. The first kappa shape index (κ1) is 26.6. The lowest BCUT2D eigenvalue weighted by Gasteiger charge is -2.32. The van der Waals surface area contributed by atoms with Crippen LogP contribution < -0.4 is 21.5 Å². The summed E-state index contributed by atoms with van der Waals surface area (Å²) in [7, 11) is -2.28. The number of piperidine rings is 2. The van der Waals surface area contributed by atoms with Gasteiger partial charge >= 0.3 is 15.9 Å². The maximum Gasteiger partial charge on any atom is 0.329 e. The largest absolute Gasteiger partial charge is 0.329 e. The van der Waals surface area contributed by atoms with E-state index in [0.29, 0.717) is 36.7 Å². The van der Waals surface area contributed by atoms with Gasteiger partial charge in [0, 0.05) is 38.5 Å². The molecule has 1 aliphatic carbocycles. The second kappa shape index (κ2) is 10.3. The summed E-state index contributed by atoms with van der Waals surface area (Å²) >= 11 is 0. The molecule has 3 fully saturated rings. The van der Waals surface area contributed by atoms with Crippen LogP contribution in [0.5, 0.6) is 0 Å². The van der Waals surface area contributed by atoms with E-state index in [9.17, 15) is 27.6 Å². The molecule has 206 valence electrons. The van der Waals surface area contributed by atoms with Crippen molar-refractivity contribution in [3.05, 3.63) is 34.2 Å². The van der Waals surface area contributed by atoms with Crippen LogP contribution in [0.2, 0.25) is 0 Å². The van der Waals surface area contributed by atoms with Crippen LogP contribution in [0.15, 0.2) is 23.0 Å². The van der Waals surface area contributed by atoms with Crippen molar-refractivity contribution >= 4 is 39.0 Å². The van der Waals surface area contributed by atoms with E-state index in [-0.39, 0.29) is 55.4 Å². The van der Waals surface area contributed by atoms with Crippen molar-refractivity contribution in [3.8, 4) is 0 Å². The summed E-state index contributed by atoms with van der Waals surface area (Å²) < 4.78 is 32.3. The Morgan fingerprint density at radius 1 is 1.00 bits per heavy atom. The van der Waals surface area contributed by atoms with Gasteiger partial charge in [0.25, 0.3) is 0 Å². The Kier molecular flexibility index (Phi) is 7.18. The minimum atomic E-state index is -3.92. The molecule has 1 aromatic carbocycles. The number of carbonyl (C=O) groups is 3. The van der Waals surface area contributed by atoms with Gasteiger partial charge in [-0.05, 0) is 68.6 Å². The number of imide groups is 1. The Bertz CT molecular complexity index is 1430. The molecule has 38 heavy (non-hydrogen) atoms. The molecule has 2 saturated heterocycles. The van der Waals surface area contributed by atoms with Gasteiger partial charge in [-0.15, -0.1) is 0 Å². The summed E-state index contributed by atoms with van der Waals surface area (Å²) in [4.78, 5) is 49.6. The number of imidazole rings is 1. The molecule has 2 aliphatic heterocycles. The monoisotopic (exact) mass is 546 g/mol. The molecule has 1 unspecified atom stereocenters. The van der Waals surface area contributed by atoms with E-state index >= 15 is 0 Å². The van der Waals surface area contributed by atoms with Crippen LogP contribution in [0.3, 0.4) is 0 Å². The molecule has 2 aromatic rings. The third-order valence-electron chi connectivity index (χ3n) is 8.27. The molecular weight excluding hydrogens is 512 g/mol. The van der Waals surface area contributed by atoms with Gasteiger partial charge in [0.15, 0.2) is 0 Å². The molecule has 3 amide bonds. The first-order chi connectivity index (χ1) is 18.0. The molecule has 1 aromatic heterocycles.